The van der Waals surface area contributed by atoms with E-state index in [-0.39, 0.29) is 0 Å². The SMILES string of the molecule is CCC(CC)N(C)c1cc(N)ccc1C(=O)O. The molecule has 1 aromatic carbocycles. The molecular formula is C13H20N2O2. The first-order valence-corrected chi connectivity index (χ1v) is 5.86. The minimum absolute atomic E-state index is 0.300. The average molecular weight is 236 g/mol. The first-order chi connectivity index (χ1) is 8.01. The summed E-state index contributed by atoms with van der Waals surface area (Å²) in [6, 6.07) is 5.23. The molecule has 0 aliphatic heterocycles. The summed E-state index contributed by atoms with van der Waals surface area (Å²) in [5.74, 6) is -0.919. The van der Waals surface area contributed by atoms with E-state index in [2.05, 4.69) is 13.8 Å². The van der Waals surface area contributed by atoms with Crippen LogP contribution in [0.1, 0.15) is 37.0 Å². The second-order valence-electron chi connectivity index (χ2n) is 4.16. The van der Waals surface area contributed by atoms with Gasteiger partial charge in [0.05, 0.1) is 11.3 Å². The summed E-state index contributed by atoms with van der Waals surface area (Å²) in [4.78, 5) is 13.2. The lowest BCUT2D eigenvalue weighted by Crippen LogP contribution is -2.31. The van der Waals surface area contributed by atoms with Gasteiger partial charge in [0.25, 0.3) is 0 Å². The number of carbonyl (C=O) groups is 1. The van der Waals surface area contributed by atoms with Gasteiger partial charge >= 0.3 is 5.97 Å². The summed E-state index contributed by atoms with van der Waals surface area (Å²) < 4.78 is 0. The quantitative estimate of drug-likeness (QED) is 0.771. The molecule has 1 aromatic rings. The Morgan fingerprint density at radius 2 is 2.00 bits per heavy atom. The maximum absolute atomic E-state index is 11.2. The van der Waals surface area contributed by atoms with Crippen molar-refractivity contribution in [2.45, 2.75) is 32.7 Å². The van der Waals surface area contributed by atoms with Crippen molar-refractivity contribution in [3.05, 3.63) is 23.8 Å². The van der Waals surface area contributed by atoms with Crippen molar-refractivity contribution in [1.29, 1.82) is 0 Å². The number of benzene rings is 1. The predicted molar refractivity (Wildman–Crippen MR) is 70.6 cm³/mol. The normalized spacial score (nSPS) is 10.6. The van der Waals surface area contributed by atoms with Crippen LogP contribution in [0.4, 0.5) is 11.4 Å². The highest BCUT2D eigenvalue weighted by Crippen LogP contribution is 2.26. The highest BCUT2D eigenvalue weighted by molar-refractivity contribution is 5.95. The first kappa shape index (κ1) is 13.4. The monoisotopic (exact) mass is 236 g/mol. The van der Waals surface area contributed by atoms with Crippen molar-refractivity contribution in [3.8, 4) is 0 Å². The molecule has 0 spiro atoms. The molecule has 17 heavy (non-hydrogen) atoms. The Bertz CT molecular complexity index is 400. The van der Waals surface area contributed by atoms with E-state index in [9.17, 15) is 4.79 Å². The van der Waals surface area contributed by atoms with Gasteiger partial charge in [-0.15, -0.1) is 0 Å². The van der Waals surface area contributed by atoms with Crippen molar-refractivity contribution in [1.82, 2.24) is 0 Å². The van der Waals surface area contributed by atoms with Crippen molar-refractivity contribution in [2.24, 2.45) is 0 Å². The van der Waals surface area contributed by atoms with E-state index < -0.39 is 5.97 Å². The summed E-state index contributed by atoms with van der Waals surface area (Å²) in [6.07, 6.45) is 1.95. The molecule has 0 radical (unpaired) electrons. The van der Waals surface area contributed by atoms with Crippen LogP contribution in [0.15, 0.2) is 18.2 Å². The first-order valence-electron chi connectivity index (χ1n) is 5.86. The van der Waals surface area contributed by atoms with Crippen molar-refractivity contribution < 1.29 is 9.90 Å². The van der Waals surface area contributed by atoms with E-state index in [1.54, 1.807) is 18.2 Å². The zero-order valence-corrected chi connectivity index (χ0v) is 10.6. The third-order valence-corrected chi connectivity index (χ3v) is 3.12. The van der Waals surface area contributed by atoms with Crippen LogP contribution in [0.3, 0.4) is 0 Å². The zero-order valence-electron chi connectivity index (χ0n) is 10.6. The number of carboxylic acids is 1. The summed E-state index contributed by atoms with van der Waals surface area (Å²) in [6.45, 7) is 4.19. The minimum atomic E-state index is -0.919. The highest BCUT2D eigenvalue weighted by atomic mass is 16.4. The minimum Gasteiger partial charge on any atom is -0.478 e. The number of rotatable bonds is 5. The van der Waals surface area contributed by atoms with Crippen LogP contribution >= 0.6 is 0 Å². The molecule has 0 aliphatic rings. The zero-order chi connectivity index (χ0) is 13.0. The maximum atomic E-state index is 11.2. The molecule has 0 aliphatic carbocycles. The van der Waals surface area contributed by atoms with Crippen molar-refractivity contribution >= 4 is 17.3 Å². The predicted octanol–water partition coefficient (Wildman–Crippen LogP) is 2.59. The Morgan fingerprint density at radius 3 is 2.47 bits per heavy atom. The average Bonchev–Trinajstić information content (AvgIpc) is 2.29. The molecule has 4 nitrogen and oxygen atoms in total. The van der Waals surface area contributed by atoms with E-state index >= 15 is 0 Å². The Hall–Kier alpha value is -1.71. The molecular weight excluding hydrogens is 216 g/mol. The number of hydrogen-bond donors (Lipinski definition) is 2. The van der Waals surface area contributed by atoms with Crippen LogP contribution < -0.4 is 10.6 Å². The molecule has 0 amide bonds. The number of aromatic carboxylic acids is 1. The summed E-state index contributed by atoms with van der Waals surface area (Å²) >= 11 is 0. The van der Waals surface area contributed by atoms with E-state index in [0.717, 1.165) is 12.8 Å². The van der Waals surface area contributed by atoms with Crippen LogP contribution in [0.25, 0.3) is 0 Å². The molecule has 0 heterocycles. The van der Waals surface area contributed by atoms with E-state index in [4.69, 9.17) is 10.8 Å². The van der Waals surface area contributed by atoms with Gasteiger partial charge in [-0.05, 0) is 31.0 Å². The van der Waals surface area contributed by atoms with Crippen LogP contribution in [0.2, 0.25) is 0 Å². The molecule has 4 heteroatoms. The highest BCUT2D eigenvalue weighted by Gasteiger charge is 2.18. The van der Waals surface area contributed by atoms with Crippen LogP contribution in [0, 0.1) is 0 Å². The molecule has 0 unspecified atom stereocenters. The fourth-order valence-electron chi connectivity index (χ4n) is 2.05. The number of hydrogen-bond acceptors (Lipinski definition) is 3. The van der Waals surface area contributed by atoms with Gasteiger partial charge in [0.2, 0.25) is 0 Å². The van der Waals surface area contributed by atoms with Gasteiger partial charge in [0.1, 0.15) is 0 Å². The van der Waals surface area contributed by atoms with Crippen molar-refractivity contribution in [3.63, 3.8) is 0 Å². The fourth-order valence-corrected chi connectivity index (χ4v) is 2.05. The second kappa shape index (κ2) is 5.57. The number of anilines is 2. The molecule has 94 valence electrons. The standard InChI is InChI=1S/C13H20N2O2/c1-4-10(5-2)15(3)12-8-9(14)6-7-11(12)13(16)17/h6-8,10H,4-5,14H2,1-3H3,(H,16,17). The molecule has 0 saturated heterocycles. The molecule has 1 rings (SSSR count). The number of nitrogens with two attached hydrogens (primary N) is 1. The van der Waals surface area contributed by atoms with E-state index in [1.165, 1.54) is 0 Å². The summed E-state index contributed by atoms with van der Waals surface area (Å²) in [7, 11) is 1.92. The van der Waals surface area contributed by atoms with Crippen LogP contribution in [-0.2, 0) is 0 Å². The van der Waals surface area contributed by atoms with Gasteiger partial charge in [-0.3, -0.25) is 0 Å². The fraction of sp³-hybridized carbons (Fsp3) is 0.462. The van der Waals surface area contributed by atoms with Gasteiger partial charge in [-0.1, -0.05) is 13.8 Å². The molecule has 0 bridgehead atoms. The van der Waals surface area contributed by atoms with Gasteiger partial charge in [0.15, 0.2) is 0 Å². The molecule has 0 saturated carbocycles. The number of nitrogen functional groups attached to an aromatic ring is 1. The van der Waals surface area contributed by atoms with Gasteiger partial charge in [-0.2, -0.15) is 0 Å². The third kappa shape index (κ3) is 2.90. The third-order valence-electron chi connectivity index (χ3n) is 3.12. The Morgan fingerprint density at radius 1 is 1.41 bits per heavy atom. The molecule has 0 aromatic heterocycles. The lowest BCUT2D eigenvalue weighted by atomic mass is 10.1. The van der Waals surface area contributed by atoms with Crippen molar-refractivity contribution in [2.75, 3.05) is 17.7 Å². The molecule has 0 fully saturated rings. The second-order valence-corrected chi connectivity index (χ2v) is 4.16. The van der Waals surface area contributed by atoms with Crippen LogP contribution in [0.5, 0.6) is 0 Å². The van der Waals surface area contributed by atoms with E-state index in [1.807, 2.05) is 11.9 Å². The molecule has 3 N–H and O–H groups in total. The van der Waals surface area contributed by atoms with Crippen LogP contribution in [-0.4, -0.2) is 24.2 Å². The lowest BCUT2D eigenvalue weighted by Gasteiger charge is -2.29. The smallest absolute Gasteiger partial charge is 0.337 e. The summed E-state index contributed by atoms with van der Waals surface area (Å²) in [5, 5.41) is 9.17. The van der Waals surface area contributed by atoms with Gasteiger partial charge in [0, 0.05) is 18.8 Å². The van der Waals surface area contributed by atoms with Gasteiger partial charge in [-0.25, -0.2) is 4.79 Å². The largest absolute Gasteiger partial charge is 0.478 e. The molecule has 0 atom stereocenters. The van der Waals surface area contributed by atoms with Gasteiger partial charge < -0.3 is 15.7 Å². The number of carboxylic acid groups (broad SMARTS) is 1. The Kier molecular flexibility index (Phi) is 4.37. The van der Waals surface area contributed by atoms with E-state index in [0.29, 0.717) is 23.0 Å². The maximum Gasteiger partial charge on any atom is 0.337 e. The number of nitrogens with zero attached hydrogens (tertiary/aromatic N) is 1. The Labute approximate surface area is 102 Å². The topological polar surface area (TPSA) is 66.6 Å². The summed E-state index contributed by atoms with van der Waals surface area (Å²) in [5.41, 5.74) is 7.30. The Balaban J connectivity index is 3.18. The lowest BCUT2D eigenvalue weighted by molar-refractivity contribution is 0.0697.